The molecule has 1 saturated carbocycles. The van der Waals surface area contributed by atoms with Gasteiger partial charge in [0, 0.05) is 58.3 Å². The predicted molar refractivity (Wildman–Crippen MR) is 152 cm³/mol. The minimum absolute atomic E-state index is 0.0658. The van der Waals surface area contributed by atoms with E-state index < -0.39 is 15.6 Å². The normalized spacial score (nSPS) is 27.2. The first kappa shape index (κ1) is 29.2. The molecular formula is C27H39Cl2N5O4S. The molecule has 5 rings (SSSR count). The van der Waals surface area contributed by atoms with Gasteiger partial charge in [-0.15, -0.1) is 0 Å². The molecule has 0 aromatic heterocycles. The molecule has 0 spiro atoms. The summed E-state index contributed by atoms with van der Waals surface area (Å²) in [5.41, 5.74) is 0.0162. The van der Waals surface area contributed by atoms with E-state index in [0.717, 1.165) is 50.9 Å². The van der Waals surface area contributed by atoms with E-state index in [1.165, 1.54) is 10.7 Å². The third-order valence-corrected chi connectivity index (χ3v) is 11.1. The number of piperidine rings is 1. The van der Waals surface area contributed by atoms with Crippen molar-refractivity contribution in [1.82, 2.24) is 19.0 Å². The molecule has 0 bridgehead atoms. The molecule has 39 heavy (non-hydrogen) atoms. The highest BCUT2D eigenvalue weighted by molar-refractivity contribution is 7.86. The molecule has 4 aliphatic rings. The van der Waals surface area contributed by atoms with Crippen molar-refractivity contribution >= 4 is 45.2 Å². The lowest BCUT2D eigenvalue weighted by atomic mass is 9.70. The van der Waals surface area contributed by atoms with Crippen LogP contribution in [0.5, 0.6) is 0 Å². The van der Waals surface area contributed by atoms with Gasteiger partial charge >= 0.3 is 0 Å². The molecular weight excluding hydrogens is 561 g/mol. The lowest BCUT2D eigenvalue weighted by Crippen LogP contribution is -2.64. The molecule has 1 aromatic carbocycles. The third kappa shape index (κ3) is 6.32. The van der Waals surface area contributed by atoms with Gasteiger partial charge in [-0.05, 0) is 55.8 Å². The number of hydrogen-bond acceptors (Lipinski definition) is 6. The maximum absolute atomic E-state index is 14.2. The van der Waals surface area contributed by atoms with Crippen LogP contribution in [-0.2, 0) is 25.2 Å². The summed E-state index contributed by atoms with van der Waals surface area (Å²) in [6.45, 7) is 5.13. The van der Waals surface area contributed by atoms with E-state index >= 15 is 0 Å². The number of likely N-dealkylation sites (tertiary alicyclic amines) is 2. The summed E-state index contributed by atoms with van der Waals surface area (Å²) in [7, 11) is -3.64. The van der Waals surface area contributed by atoms with Crippen molar-refractivity contribution in [2.24, 2.45) is 11.1 Å². The standard InChI is InChI=1S/C27H39Cl2N5O4S/c28-23-7-6-21(16-24(23)29)27(9-8-25(35)34(26(27)36)17-20-4-2-1-3-5-20)10-11-31-18-22(19-31)32-12-14-33(15-13-32)39(30,37)38/h6-7,16,20,22H,1-5,8-15,17-19H2,(H2,30,37,38)/t27-/m0/s1. The van der Waals surface area contributed by atoms with Crippen LogP contribution in [0.25, 0.3) is 0 Å². The predicted octanol–water partition coefficient (Wildman–Crippen LogP) is 2.86. The van der Waals surface area contributed by atoms with Gasteiger partial charge in [0.2, 0.25) is 11.8 Å². The molecule has 1 aromatic rings. The Hall–Kier alpha value is -1.27. The van der Waals surface area contributed by atoms with Crippen LogP contribution in [0.15, 0.2) is 18.2 Å². The van der Waals surface area contributed by atoms with E-state index in [2.05, 4.69) is 9.80 Å². The number of halogens is 2. The number of amides is 2. The highest BCUT2D eigenvalue weighted by Gasteiger charge is 2.49. The molecule has 216 valence electrons. The summed E-state index contributed by atoms with van der Waals surface area (Å²) in [6.07, 6.45) is 7.09. The van der Waals surface area contributed by atoms with Gasteiger partial charge in [-0.3, -0.25) is 19.4 Å². The summed E-state index contributed by atoms with van der Waals surface area (Å²) >= 11 is 12.6. The topological polar surface area (TPSA) is 107 Å². The Morgan fingerprint density at radius 1 is 0.974 bits per heavy atom. The number of piperazine rings is 1. The summed E-state index contributed by atoms with van der Waals surface area (Å²) in [5, 5.41) is 6.14. The molecule has 4 fully saturated rings. The van der Waals surface area contributed by atoms with Gasteiger partial charge < -0.3 is 4.90 Å². The number of carbonyl (C=O) groups excluding carboxylic acids is 2. The molecule has 3 aliphatic heterocycles. The van der Waals surface area contributed by atoms with Gasteiger partial charge in [0.05, 0.1) is 15.5 Å². The number of benzene rings is 1. The van der Waals surface area contributed by atoms with Crippen molar-refractivity contribution in [2.45, 2.75) is 62.8 Å². The van der Waals surface area contributed by atoms with E-state index in [0.29, 0.717) is 74.0 Å². The van der Waals surface area contributed by atoms with Crippen molar-refractivity contribution in [3.05, 3.63) is 33.8 Å². The Labute approximate surface area is 241 Å². The summed E-state index contributed by atoms with van der Waals surface area (Å²) in [5.74, 6) is 0.213. The zero-order valence-corrected chi connectivity index (χ0v) is 24.7. The van der Waals surface area contributed by atoms with Gasteiger partial charge in [0.25, 0.3) is 10.2 Å². The number of nitrogens with two attached hydrogens (primary N) is 1. The number of nitrogens with zero attached hydrogens (tertiary/aromatic N) is 4. The molecule has 3 saturated heterocycles. The first-order valence-corrected chi connectivity index (χ1v) is 16.4. The van der Waals surface area contributed by atoms with Gasteiger partial charge in [-0.1, -0.05) is 48.5 Å². The molecule has 3 heterocycles. The largest absolute Gasteiger partial charge is 0.300 e. The lowest BCUT2D eigenvalue weighted by Gasteiger charge is -2.49. The minimum Gasteiger partial charge on any atom is -0.300 e. The highest BCUT2D eigenvalue weighted by atomic mass is 35.5. The Bertz CT molecular complexity index is 1180. The van der Waals surface area contributed by atoms with Gasteiger partial charge in [-0.25, -0.2) is 5.14 Å². The monoisotopic (exact) mass is 599 g/mol. The molecule has 1 aliphatic carbocycles. The highest BCUT2D eigenvalue weighted by Crippen LogP contribution is 2.42. The molecule has 12 heteroatoms. The zero-order valence-electron chi connectivity index (χ0n) is 22.4. The number of imide groups is 1. The maximum Gasteiger partial charge on any atom is 0.276 e. The van der Waals surface area contributed by atoms with Gasteiger partial charge in [0.15, 0.2) is 0 Å². The van der Waals surface area contributed by atoms with Crippen LogP contribution in [-0.4, -0.2) is 97.6 Å². The van der Waals surface area contributed by atoms with Crippen LogP contribution < -0.4 is 5.14 Å². The molecule has 2 amide bonds. The summed E-state index contributed by atoms with van der Waals surface area (Å²) < 4.78 is 24.6. The van der Waals surface area contributed by atoms with Crippen molar-refractivity contribution in [2.75, 3.05) is 52.4 Å². The smallest absolute Gasteiger partial charge is 0.276 e. The fourth-order valence-corrected chi connectivity index (χ4v) is 7.78. The average Bonchev–Trinajstić information content (AvgIpc) is 2.89. The fraction of sp³-hybridized carbons (Fsp3) is 0.704. The third-order valence-electron chi connectivity index (χ3n) is 9.30. The van der Waals surface area contributed by atoms with Gasteiger partial charge in [-0.2, -0.15) is 12.7 Å². The molecule has 2 N–H and O–H groups in total. The SMILES string of the molecule is NS(=O)(=O)N1CCN(C2CN(CC[C@]3(c4ccc(Cl)c(Cl)c4)CCC(=O)N(CC4CCCCC4)C3=O)C2)CC1. The van der Waals surface area contributed by atoms with Gasteiger partial charge in [0.1, 0.15) is 0 Å². The molecule has 0 unspecified atom stereocenters. The zero-order chi connectivity index (χ0) is 27.8. The quantitative estimate of drug-likeness (QED) is 0.460. The van der Waals surface area contributed by atoms with Crippen LogP contribution in [0, 0.1) is 5.92 Å². The van der Waals surface area contributed by atoms with Crippen molar-refractivity contribution in [3.63, 3.8) is 0 Å². The van der Waals surface area contributed by atoms with Crippen molar-refractivity contribution in [1.29, 1.82) is 0 Å². The summed E-state index contributed by atoms with van der Waals surface area (Å²) in [6, 6.07) is 5.81. The van der Waals surface area contributed by atoms with E-state index in [1.807, 2.05) is 6.07 Å². The van der Waals surface area contributed by atoms with Crippen LogP contribution in [0.4, 0.5) is 0 Å². The Morgan fingerprint density at radius 2 is 1.67 bits per heavy atom. The fourth-order valence-electron chi connectivity index (χ4n) is 6.81. The van der Waals surface area contributed by atoms with E-state index in [9.17, 15) is 18.0 Å². The Kier molecular flexibility index (Phi) is 8.93. The van der Waals surface area contributed by atoms with Crippen molar-refractivity contribution in [3.8, 4) is 0 Å². The second-order valence-electron chi connectivity index (χ2n) is 11.7. The first-order valence-electron chi connectivity index (χ1n) is 14.1. The maximum atomic E-state index is 14.2. The molecule has 9 nitrogen and oxygen atoms in total. The second-order valence-corrected chi connectivity index (χ2v) is 14.0. The van der Waals surface area contributed by atoms with E-state index in [4.69, 9.17) is 28.3 Å². The number of rotatable bonds is 8. The second kappa shape index (κ2) is 11.9. The minimum atomic E-state index is -3.64. The van der Waals surface area contributed by atoms with Crippen LogP contribution in [0.3, 0.4) is 0 Å². The Morgan fingerprint density at radius 3 is 2.31 bits per heavy atom. The first-order chi connectivity index (χ1) is 18.6. The Balaban J connectivity index is 1.26. The van der Waals surface area contributed by atoms with Crippen molar-refractivity contribution < 1.29 is 18.0 Å². The number of hydrogen-bond donors (Lipinski definition) is 1. The van der Waals surface area contributed by atoms with Crippen LogP contribution >= 0.6 is 23.2 Å². The molecule has 0 radical (unpaired) electrons. The lowest BCUT2D eigenvalue weighted by molar-refractivity contribution is -0.155. The molecule has 1 atom stereocenters. The van der Waals surface area contributed by atoms with Crippen LogP contribution in [0.1, 0.15) is 56.9 Å². The average molecular weight is 601 g/mol. The van der Waals surface area contributed by atoms with E-state index in [-0.39, 0.29) is 11.8 Å². The van der Waals surface area contributed by atoms with Crippen LogP contribution in [0.2, 0.25) is 10.0 Å². The summed E-state index contributed by atoms with van der Waals surface area (Å²) in [4.78, 5) is 33.4. The van der Waals surface area contributed by atoms with E-state index in [1.54, 1.807) is 17.0 Å². The number of carbonyl (C=O) groups is 2.